The highest BCUT2D eigenvalue weighted by Gasteiger charge is 2.28. The topological polar surface area (TPSA) is 151 Å². The number of anilines is 1. The van der Waals surface area contributed by atoms with E-state index in [1.54, 1.807) is 38.1 Å². The average molecular weight is 473 g/mol. The van der Waals surface area contributed by atoms with Gasteiger partial charge < -0.3 is 15.4 Å². The van der Waals surface area contributed by atoms with Crippen LogP contribution in [0.5, 0.6) is 0 Å². The summed E-state index contributed by atoms with van der Waals surface area (Å²) in [6.07, 6.45) is 0.249. The molecule has 1 atom stereocenters. The van der Waals surface area contributed by atoms with E-state index in [0.29, 0.717) is 5.69 Å². The number of halogens is 1. The third kappa shape index (κ3) is 7.29. The Balaban J connectivity index is 1.96. The van der Waals surface area contributed by atoms with Crippen LogP contribution in [-0.2, 0) is 20.7 Å². The Kier molecular flexibility index (Phi) is 8.89. The maximum atomic E-state index is 12.5. The van der Waals surface area contributed by atoms with Crippen molar-refractivity contribution in [2.75, 3.05) is 11.9 Å². The lowest BCUT2D eigenvalue weighted by molar-refractivity contribution is -0.384. The Bertz CT molecular complexity index is 1100. The van der Waals surface area contributed by atoms with Crippen LogP contribution in [0.4, 0.5) is 11.4 Å². The van der Waals surface area contributed by atoms with E-state index in [0.717, 1.165) is 17.7 Å². The van der Waals surface area contributed by atoms with Crippen LogP contribution in [-0.4, -0.2) is 35.4 Å². The zero-order valence-corrected chi connectivity index (χ0v) is 18.6. The van der Waals surface area contributed by atoms with Gasteiger partial charge in [0.2, 0.25) is 0 Å². The second-order valence-corrected chi connectivity index (χ2v) is 7.71. The number of carbonyl (C=O) groups excluding carboxylic acids is 3. The zero-order chi connectivity index (χ0) is 24.5. The highest BCUT2D eigenvalue weighted by Crippen LogP contribution is 2.23. The number of ether oxygens (including phenoxy) is 1. The number of carbonyl (C=O) groups is 3. The molecule has 2 N–H and O–H groups in total. The summed E-state index contributed by atoms with van der Waals surface area (Å²) >= 11 is 5.97. The molecule has 10 nitrogen and oxygen atoms in total. The van der Waals surface area contributed by atoms with Crippen molar-refractivity contribution in [3.05, 3.63) is 68.7 Å². The second-order valence-electron chi connectivity index (χ2n) is 7.30. The van der Waals surface area contributed by atoms with Crippen LogP contribution < -0.4 is 10.6 Å². The van der Waals surface area contributed by atoms with Gasteiger partial charge in [0.25, 0.3) is 17.5 Å². The molecule has 0 saturated carbocycles. The van der Waals surface area contributed by atoms with E-state index in [9.17, 15) is 24.5 Å². The maximum Gasteiger partial charge on any atom is 0.329 e. The Morgan fingerprint density at radius 1 is 1.18 bits per heavy atom. The van der Waals surface area contributed by atoms with E-state index in [-0.39, 0.29) is 28.6 Å². The number of amides is 2. The van der Waals surface area contributed by atoms with Gasteiger partial charge in [0.1, 0.15) is 6.04 Å². The van der Waals surface area contributed by atoms with E-state index in [1.807, 2.05) is 6.07 Å². The van der Waals surface area contributed by atoms with Crippen molar-refractivity contribution >= 4 is 40.8 Å². The predicted molar refractivity (Wildman–Crippen MR) is 120 cm³/mol. The monoisotopic (exact) mass is 472 g/mol. The molecule has 0 heterocycles. The zero-order valence-electron chi connectivity index (χ0n) is 17.8. The van der Waals surface area contributed by atoms with Crippen LogP contribution in [0.3, 0.4) is 0 Å². The number of hydrogen-bond donors (Lipinski definition) is 2. The largest absolute Gasteiger partial charge is 0.454 e. The third-order valence-electron chi connectivity index (χ3n) is 4.48. The van der Waals surface area contributed by atoms with Crippen molar-refractivity contribution in [3.63, 3.8) is 0 Å². The fraction of sp³-hybridized carbons (Fsp3) is 0.273. The summed E-state index contributed by atoms with van der Waals surface area (Å²) in [6.45, 7) is 2.77. The fourth-order valence-corrected chi connectivity index (χ4v) is 3.00. The normalized spacial score (nSPS) is 11.2. The van der Waals surface area contributed by atoms with E-state index in [2.05, 4.69) is 10.6 Å². The van der Waals surface area contributed by atoms with E-state index < -0.39 is 35.4 Å². The van der Waals surface area contributed by atoms with Gasteiger partial charge in [0, 0.05) is 17.8 Å². The molecule has 2 aromatic carbocycles. The summed E-state index contributed by atoms with van der Waals surface area (Å²) < 4.78 is 5.05. The van der Waals surface area contributed by atoms with Gasteiger partial charge in [-0.1, -0.05) is 37.6 Å². The van der Waals surface area contributed by atoms with Crippen molar-refractivity contribution in [1.82, 2.24) is 5.32 Å². The molecule has 0 aliphatic rings. The van der Waals surface area contributed by atoms with Crippen LogP contribution in [0, 0.1) is 27.4 Å². The first-order chi connectivity index (χ1) is 15.6. The summed E-state index contributed by atoms with van der Waals surface area (Å²) in [4.78, 5) is 47.3. The first-order valence-corrected chi connectivity index (χ1v) is 10.2. The molecule has 0 bridgehead atoms. The van der Waals surface area contributed by atoms with Gasteiger partial charge in [-0.3, -0.25) is 19.7 Å². The number of rotatable bonds is 9. The number of nitrogens with zero attached hydrogens (tertiary/aromatic N) is 2. The van der Waals surface area contributed by atoms with Gasteiger partial charge in [-0.05, 0) is 29.7 Å². The van der Waals surface area contributed by atoms with Crippen LogP contribution in [0.1, 0.15) is 29.8 Å². The van der Waals surface area contributed by atoms with Gasteiger partial charge in [-0.2, -0.15) is 5.26 Å². The van der Waals surface area contributed by atoms with Crippen molar-refractivity contribution in [1.29, 1.82) is 5.26 Å². The Morgan fingerprint density at radius 2 is 1.85 bits per heavy atom. The number of nitro benzene ring substituents is 1. The smallest absolute Gasteiger partial charge is 0.329 e. The maximum absolute atomic E-state index is 12.5. The van der Waals surface area contributed by atoms with E-state index in [1.165, 1.54) is 6.07 Å². The highest BCUT2D eigenvalue weighted by atomic mass is 35.5. The van der Waals surface area contributed by atoms with Crippen molar-refractivity contribution < 1.29 is 24.0 Å². The second kappa shape index (κ2) is 11.6. The molecule has 2 amide bonds. The summed E-state index contributed by atoms with van der Waals surface area (Å²) in [5.41, 5.74) is 0.949. The minimum atomic E-state index is -1.08. The Hall–Kier alpha value is -3.97. The van der Waals surface area contributed by atoms with Crippen LogP contribution in [0.2, 0.25) is 5.02 Å². The molecule has 2 aromatic rings. The standard InChI is InChI=1S/C22H21ClN4O6/c1-13(2)20(26-21(29)17-8-7-16(27(31)32)11-18(17)23)22(30)33-12-19(28)25-15-5-3-14(4-6-15)9-10-24/h3-8,11,13,20H,9,12H2,1-2H3,(H,25,28)(H,26,29). The molecule has 0 fully saturated rings. The van der Waals surface area contributed by atoms with Crippen molar-refractivity contribution in [3.8, 4) is 6.07 Å². The van der Waals surface area contributed by atoms with E-state index >= 15 is 0 Å². The van der Waals surface area contributed by atoms with Gasteiger partial charge in [-0.15, -0.1) is 0 Å². The average Bonchev–Trinajstić information content (AvgIpc) is 2.76. The summed E-state index contributed by atoms with van der Waals surface area (Å²) in [5, 5.41) is 24.4. The highest BCUT2D eigenvalue weighted by molar-refractivity contribution is 6.34. The van der Waals surface area contributed by atoms with Gasteiger partial charge >= 0.3 is 5.97 Å². The summed E-state index contributed by atoms with van der Waals surface area (Å²) in [7, 11) is 0. The molecule has 0 radical (unpaired) electrons. The lowest BCUT2D eigenvalue weighted by Crippen LogP contribution is -2.46. The van der Waals surface area contributed by atoms with Gasteiger partial charge in [0.05, 0.1) is 28.0 Å². The van der Waals surface area contributed by atoms with E-state index in [4.69, 9.17) is 21.6 Å². The molecule has 1 unspecified atom stereocenters. The van der Waals surface area contributed by atoms with Crippen LogP contribution in [0.25, 0.3) is 0 Å². The summed E-state index contributed by atoms with van der Waals surface area (Å²) in [5.74, 6) is -2.50. The first-order valence-electron chi connectivity index (χ1n) is 9.79. The molecule has 0 aliphatic carbocycles. The van der Waals surface area contributed by atoms with Crippen molar-refractivity contribution in [2.45, 2.75) is 26.3 Å². The van der Waals surface area contributed by atoms with Crippen molar-refractivity contribution in [2.24, 2.45) is 5.92 Å². The molecule has 0 aromatic heterocycles. The molecule has 33 heavy (non-hydrogen) atoms. The number of hydrogen-bond acceptors (Lipinski definition) is 7. The molecular formula is C22H21ClN4O6. The number of nitrogens with one attached hydrogen (secondary N) is 2. The number of non-ortho nitro benzene ring substituents is 1. The Labute approximate surface area is 194 Å². The predicted octanol–water partition coefficient (Wildman–Crippen LogP) is 3.25. The molecule has 2 rings (SSSR count). The SMILES string of the molecule is CC(C)C(NC(=O)c1ccc([N+](=O)[O-])cc1Cl)C(=O)OCC(=O)Nc1ccc(CC#N)cc1. The minimum Gasteiger partial charge on any atom is -0.454 e. The third-order valence-corrected chi connectivity index (χ3v) is 4.79. The van der Waals surface area contributed by atoms with Gasteiger partial charge in [0.15, 0.2) is 6.61 Å². The quantitative estimate of drug-likeness (QED) is 0.323. The summed E-state index contributed by atoms with van der Waals surface area (Å²) in [6, 6.07) is 10.9. The molecule has 172 valence electrons. The number of benzene rings is 2. The van der Waals surface area contributed by atoms with Crippen LogP contribution in [0.15, 0.2) is 42.5 Å². The molecule has 0 saturated heterocycles. The lowest BCUT2D eigenvalue weighted by Gasteiger charge is -2.21. The fourth-order valence-electron chi connectivity index (χ4n) is 2.74. The lowest BCUT2D eigenvalue weighted by atomic mass is 10.0. The molecule has 0 spiro atoms. The molecule has 11 heteroatoms. The Morgan fingerprint density at radius 3 is 2.39 bits per heavy atom. The molecular weight excluding hydrogens is 452 g/mol. The molecule has 0 aliphatic heterocycles. The number of nitro groups is 1. The van der Waals surface area contributed by atoms with Crippen LogP contribution >= 0.6 is 11.6 Å². The first kappa shape index (κ1) is 25.3. The number of esters is 1. The minimum absolute atomic E-state index is 0.0432. The number of nitriles is 1. The van der Waals surface area contributed by atoms with Gasteiger partial charge in [-0.25, -0.2) is 4.79 Å².